The van der Waals surface area contributed by atoms with Gasteiger partial charge in [-0.15, -0.1) is 11.3 Å². The van der Waals surface area contributed by atoms with Gasteiger partial charge in [0.05, 0.1) is 6.04 Å². The number of thioether (sulfide) groups is 1. The van der Waals surface area contributed by atoms with Crippen LogP contribution in [0.2, 0.25) is 0 Å². The number of hydrogen-bond acceptors (Lipinski definition) is 4. The predicted molar refractivity (Wildman–Crippen MR) is 82.6 cm³/mol. The lowest BCUT2D eigenvalue weighted by molar-refractivity contribution is 0.232. The van der Waals surface area contributed by atoms with E-state index in [1.165, 1.54) is 27.8 Å². The van der Waals surface area contributed by atoms with Crippen molar-refractivity contribution in [3.63, 3.8) is 0 Å². The Bertz CT molecular complexity index is 387. The molecule has 1 N–H and O–H groups in total. The van der Waals surface area contributed by atoms with E-state index in [1.54, 1.807) is 0 Å². The lowest BCUT2D eigenvalue weighted by Crippen LogP contribution is -2.47. The van der Waals surface area contributed by atoms with Crippen molar-refractivity contribution in [3.8, 4) is 0 Å². The van der Waals surface area contributed by atoms with Crippen molar-refractivity contribution in [2.75, 3.05) is 11.5 Å². The van der Waals surface area contributed by atoms with Gasteiger partial charge < -0.3 is 5.32 Å². The SMILES string of the molecule is CCc1cnc(C(C)NC2CSCCC2(C)C)s1. The number of aromatic nitrogens is 1. The summed E-state index contributed by atoms with van der Waals surface area (Å²) in [6, 6.07) is 0.971. The third kappa shape index (κ3) is 3.28. The molecule has 0 bridgehead atoms. The highest BCUT2D eigenvalue weighted by Crippen LogP contribution is 2.35. The first-order valence-corrected chi connectivity index (χ1v) is 8.78. The fourth-order valence-electron chi connectivity index (χ4n) is 2.27. The first-order valence-electron chi connectivity index (χ1n) is 6.81. The maximum Gasteiger partial charge on any atom is 0.109 e. The second-order valence-corrected chi connectivity index (χ2v) is 8.07. The molecule has 0 saturated carbocycles. The number of hydrogen-bond donors (Lipinski definition) is 1. The van der Waals surface area contributed by atoms with Crippen molar-refractivity contribution in [1.29, 1.82) is 0 Å². The third-order valence-corrected chi connectivity index (χ3v) is 6.25. The summed E-state index contributed by atoms with van der Waals surface area (Å²) < 4.78 is 0. The Labute approximate surface area is 119 Å². The second-order valence-electron chi connectivity index (χ2n) is 5.77. The second kappa shape index (κ2) is 5.93. The van der Waals surface area contributed by atoms with Crippen molar-refractivity contribution in [2.45, 2.75) is 52.6 Å². The van der Waals surface area contributed by atoms with E-state index in [0.717, 1.165) is 6.42 Å². The summed E-state index contributed by atoms with van der Waals surface area (Å²) in [5.41, 5.74) is 0.407. The molecule has 18 heavy (non-hydrogen) atoms. The van der Waals surface area contributed by atoms with Gasteiger partial charge in [-0.25, -0.2) is 4.98 Å². The Morgan fingerprint density at radius 3 is 2.94 bits per heavy atom. The van der Waals surface area contributed by atoms with Crippen LogP contribution < -0.4 is 5.32 Å². The molecule has 102 valence electrons. The first kappa shape index (κ1) is 14.4. The maximum absolute atomic E-state index is 4.55. The van der Waals surface area contributed by atoms with Gasteiger partial charge in [-0.2, -0.15) is 11.8 Å². The average molecular weight is 284 g/mol. The molecule has 1 aromatic rings. The molecular formula is C14H24N2S2. The molecule has 0 spiro atoms. The fraction of sp³-hybridized carbons (Fsp3) is 0.786. The minimum absolute atomic E-state index is 0.373. The number of rotatable bonds is 4. The lowest BCUT2D eigenvalue weighted by atomic mass is 9.82. The van der Waals surface area contributed by atoms with E-state index < -0.39 is 0 Å². The summed E-state index contributed by atoms with van der Waals surface area (Å²) in [4.78, 5) is 5.93. The fourth-order valence-corrected chi connectivity index (χ4v) is 4.76. The topological polar surface area (TPSA) is 24.9 Å². The summed E-state index contributed by atoms with van der Waals surface area (Å²) in [6.07, 6.45) is 4.42. The Morgan fingerprint density at radius 1 is 1.56 bits per heavy atom. The van der Waals surface area contributed by atoms with Crippen LogP contribution >= 0.6 is 23.1 Å². The molecule has 1 aliphatic heterocycles. The third-order valence-electron chi connectivity index (χ3n) is 3.86. The van der Waals surface area contributed by atoms with Crippen LogP contribution in [-0.2, 0) is 6.42 Å². The zero-order valence-electron chi connectivity index (χ0n) is 11.8. The molecule has 1 aliphatic rings. The van der Waals surface area contributed by atoms with Crippen LogP contribution in [0, 0.1) is 5.41 Å². The summed E-state index contributed by atoms with van der Waals surface area (Å²) >= 11 is 3.92. The molecule has 0 amide bonds. The highest BCUT2D eigenvalue weighted by atomic mass is 32.2. The first-order chi connectivity index (χ1) is 8.53. The van der Waals surface area contributed by atoms with Gasteiger partial charge in [-0.1, -0.05) is 20.8 Å². The Morgan fingerprint density at radius 2 is 2.33 bits per heavy atom. The van der Waals surface area contributed by atoms with Crippen molar-refractivity contribution in [1.82, 2.24) is 10.3 Å². The Balaban J connectivity index is 1.99. The van der Waals surface area contributed by atoms with Crippen LogP contribution in [-0.4, -0.2) is 22.5 Å². The maximum atomic E-state index is 4.55. The van der Waals surface area contributed by atoms with Gasteiger partial charge in [0.25, 0.3) is 0 Å². The number of nitrogens with zero attached hydrogens (tertiary/aromatic N) is 1. The van der Waals surface area contributed by atoms with Gasteiger partial charge in [-0.05, 0) is 30.9 Å². The normalized spacial score (nSPS) is 25.0. The molecule has 1 fully saturated rings. The van der Waals surface area contributed by atoms with Crippen LogP contribution in [0.4, 0.5) is 0 Å². The minimum atomic E-state index is 0.373. The van der Waals surface area contributed by atoms with Crippen molar-refractivity contribution in [3.05, 3.63) is 16.1 Å². The lowest BCUT2D eigenvalue weighted by Gasteiger charge is -2.40. The highest BCUT2D eigenvalue weighted by molar-refractivity contribution is 7.99. The predicted octanol–water partition coefficient (Wildman–Crippen LogP) is 3.89. The molecule has 0 radical (unpaired) electrons. The Kier molecular flexibility index (Phi) is 4.73. The number of aryl methyl sites for hydroxylation is 1. The zero-order valence-corrected chi connectivity index (χ0v) is 13.5. The van der Waals surface area contributed by atoms with E-state index >= 15 is 0 Å². The summed E-state index contributed by atoms with van der Waals surface area (Å²) in [5.74, 6) is 2.53. The van der Waals surface area contributed by atoms with Crippen LogP contribution in [0.1, 0.15) is 50.0 Å². The quantitative estimate of drug-likeness (QED) is 0.908. The van der Waals surface area contributed by atoms with Crippen LogP contribution in [0.3, 0.4) is 0 Å². The summed E-state index contributed by atoms with van der Waals surface area (Å²) in [7, 11) is 0. The molecule has 2 atom stereocenters. The van der Waals surface area contributed by atoms with Crippen molar-refractivity contribution < 1.29 is 0 Å². The minimum Gasteiger partial charge on any atom is -0.304 e. The standard InChI is InChI=1S/C14H24N2S2/c1-5-11-8-15-13(18-11)10(2)16-12-9-17-7-6-14(12,3)4/h8,10,12,16H,5-7,9H2,1-4H3. The molecule has 2 heterocycles. The van der Waals surface area contributed by atoms with Crippen LogP contribution in [0.25, 0.3) is 0 Å². The van der Waals surface area contributed by atoms with Crippen LogP contribution in [0.15, 0.2) is 6.20 Å². The largest absolute Gasteiger partial charge is 0.304 e. The van der Waals surface area contributed by atoms with Crippen molar-refractivity contribution >= 4 is 23.1 Å². The molecule has 0 aromatic carbocycles. The van der Waals surface area contributed by atoms with Gasteiger partial charge in [0.2, 0.25) is 0 Å². The molecule has 0 aliphatic carbocycles. The molecule has 1 saturated heterocycles. The Hall–Kier alpha value is -0.0600. The van der Waals surface area contributed by atoms with E-state index in [2.05, 4.69) is 49.8 Å². The monoisotopic (exact) mass is 284 g/mol. The molecular weight excluding hydrogens is 260 g/mol. The number of nitrogens with one attached hydrogen (secondary N) is 1. The van der Waals surface area contributed by atoms with Gasteiger partial charge in [0.1, 0.15) is 5.01 Å². The van der Waals surface area contributed by atoms with Crippen molar-refractivity contribution in [2.24, 2.45) is 5.41 Å². The zero-order chi connectivity index (χ0) is 13.2. The van der Waals surface area contributed by atoms with E-state index in [-0.39, 0.29) is 0 Å². The van der Waals surface area contributed by atoms with E-state index in [1.807, 2.05) is 17.5 Å². The summed E-state index contributed by atoms with van der Waals surface area (Å²) in [5, 5.41) is 5.02. The highest BCUT2D eigenvalue weighted by Gasteiger charge is 2.33. The molecule has 2 unspecified atom stereocenters. The molecule has 4 heteroatoms. The van der Waals surface area contributed by atoms with E-state index in [0.29, 0.717) is 17.5 Å². The van der Waals surface area contributed by atoms with E-state index in [4.69, 9.17) is 0 Å². The average Bonchev–Trinajstić information content (AvgIpc) is 2.80. The van der Waals surface area contributed by atoms with E-state index in [9.17, 15) is 0 Å². The van der Waals surface area contributed by atoms with Crippen LogP contribution in [0.5, 0.6) is 0 Å². The smallest absolute Gasteiger partial charge is 0.109 e. The van der Waals surface area contributed by atoms with Gasteiger partial charge in [-0.3, -0.25) is 0 Å². The molecule has 2 nitrogen and oxygen atoms in total. The number of thiazole rings is 1. The van der Waals surface area contributed by atoms with Gasteiger partial charge >= 0.3 is 0 Å². The molecule has 1 aromatic heterocycles. The molecule has 2 rings (SSSR count). The van der Waals surface area contributed by atoms with Gasteiger partial charge in [0.15, 0.2) is 0 Å². The van der Waals surface area contributed by atoms with Gasteiger partial charge in [0, 0.05) is 22.9 Å². The summed E-state index contributed by atoms with van der Waals surface area (Å²) in [6.45, 7) is 9.21.